The first-order chi connectivity index (χ1) is 13.6. The van der Waals surface area contributed by atoms with Crippen LogP contribution in [0.1, 0.15) is 24.0 Å². The Morgan fingerprint density at radius 3 is 2.82 bits per heavy atom. The average Bonchev–Trinajstić information content (AvgIpc) is 3.37. The monoisotopic (exact) mass is 394 g/mol. The Kier molecular flexibility index (Phi) is 5.25. The van der Waals surface area contributed by atoms with E-state index in [1.807, 2.05) is 36.6 Å². The van der Waals surface area contributed by atoms with Crippen LogP contribution in [0.15, 0.2) is 48.1 Å². The molecule has 1 amide bonds. The maximum absolute atomic E-state index is 12.7. The van der Waals surface area contributed by atoms with Gasteiger partial charge in [-0.25, -0.2) is 9.97 Å². The fourth-order valence-corrected chi connectivity index (χ4v) is 3.98. The molecule has 3 heterocycles. The minimum Gasteiger partial charge on any atom is -0.439 e. The number of pyridine rings is 1. The standard InChI is InChI=1S/C21H22N4O2S/c1-14-5-7-17(12-15(14)2)27-19-8-6-16(13-23-19)24-20(26)18-4-3-10-25(18)21-22-9-11-28-21/h5-9,11-13,18H,3-4,10H2,1-2H3,(H,24,26)/t18-/m0/s1. The molecular weight excluding hydrogens is 372 g/mol. The summed E-state index contributed by atoms with van der Waals surface area (Å²) in [7, 11) is 0. The van der Waals surface area contributed by atoms with Gasteiger partial charge in [0.1, 0.15) is 11.8 Å². The van der Waals surface area contributed by atoms with Gasteiger partial charge in [0.15, 0.2) is 5.13 Å². The van der Waals surface area contributed by atoms with Gasteiger partial charge in [-0.2, -0.15) is 0 Å². The molecule has 1 saturated heterocycles. The number of nitrogens with one attached hydrogen (secondary N) is 1. The van der Waals surface area contributed by atoms with Crippen molar-refractivity contribution in [2.75, 3.05) is 16.8 Å². The third kappa shape index (κ3) is 3.99. The molecule has 0 radical (unpaired) electrons. The first-order valence-electron chi connectivity index (χ1n) is 9.28. The van der Waals surface area contributed by atoms with Crippen LogP contribution < -0.4 is 15.0 Å². The second kappa shape index (κ2) is 7.98. The molecule has 1 atom stereocenters. The highest BCUT2D eigenvalue weighted by Crippen LogP contribution is 2.28. The Hall–Kier alpha value is -2.93. The summed E-state index contributed by atoms with van der Waals surface area (Å²) in [5.74, 6) is 1.21. The number of amides is 1. The number of nitrogens with zero attached hydrogens (tertiary/aromatic N) is 3. The van der Waals surface area contributed by atoms with Crippen LogP contribution in [0, 0.1) is 13.8 Å². The van der Waals surface area contributed by atoms with E-state index in [0.717, 1.165) is 30.3 Å². The molecule has 7 heteroatoms. The largest absolute Gasteiger partial charge is 0.439 e. The number of benzene rings is 1. The van der Waals surface area contributed by atoms with E-state index in [1.54, 1.807) is 29.8 Å². The van der Waals surface area contributed by atoms with Crippen LogP contribution in [0.5, 0.6) is 11.6 Å². The summed E-state index contributed by atoms with van der Waals surface area (Å²) in [6.45, 7) is 4.97. The number of carbonyl (C=O) groups is 1. The fraction of sp³-hybridized carbons (Fsp3) is 0.286. The number of thiazole rings is 1. The predicted octanol–water partition coefficient (Wildman–Crippen LogP) is 4.55. The van der Waals surface area contributed by atoms with E-state index in [-0.39, 0.29) is 11.9 Å². The van der Waals surface area contributed by atoms with Gasteiger partial charge >= 0.3 is 0 Å². The summed E-state index contributed by atoms with van der Waals surface area (Å²) in [5.41, 5.74) is 3.04. The molecule has 1 N–H and O–H groups in total. The predicted molar refractivity (Wildman–Crippen MR) is 111 cm³/mol. The van der Waals surface area contributed by atoms with Crippen LogP contribution in [0.4, 0.5) is 10.8 Å². The number of anilines is 2. The quantitative estimate of drug-likeness (QED) is 0.687. The molecule has 1 aliphatic heterocycles. The molecule has 4 rings (SSSR count). The van der Waals surface area contributed by atoms with E-state index in [1.165, 1.54) is 11.1 Å². The van der Waals surface area contributed by atoms with E-state index in [4.69, 9.17) is 4.74 Å². The van der Waals surface area contributed by atoms with E-state index in [0.29, 0.717) is 11.6 Å². The zero-order valence-electron chi connectivity index (χ0n) is 15.9. The van der Waals surface area contributed by atoms with E-state index < -0.39 is 0 Å². The highest BCUT2D eigenvalue weighted by atomic mass is 32.1. The number of hydrogen-bond donors (Lipinski definition) is 1. The van der Waals surface area contributed by atoms with Crippen LogP contribution in [0.25, 0.3) is 0 Å². The Bertz CT molecular complexity index is 957. The van der Waals surface area contributed by atoms with E-state index >= 15 is 0 Å². The van der Waals surface area contributed by atoms with Crippen molar-refractivity contribution in [2.24, 2.45) is 0 Å². The number of hydrogen-bond acceptors (Lipinski definition) is 6. The number of rotatable bonds is 5. The van der Waals surface area contributed by atoms with Gasteiger partial charge in [-0.05, 0) is 56.0 Å². The fourth-order valence-electron chi connectivity index (χ4n) is 3.26. The second-order valence-corrected chi connectivity index (χ2v) is 7.76. The van der Waals surface area contributed by atoms with Crippen molar-refractivity contribution >= 4 is 28.1 Å². The highest BCUT2D eigenvalue weighted by Gasteiger charge is 2.32. The first kappa shape index (κ1) is 18.4. The SMILES string of the molecule is Cc1ccc(Oc2ccc(NC(=O)[C@@H]3CCCN3c3nccs3)cn2)cc1C. The van der Waals surface area contributed by atoms with Crippen molar-refractivity contribution in [1.82, 2.24) is 9.97 Å². The normalized spacial score (nSPS) is 16.2. The molecule has 1 fully saturated rings. The molecule has 28 heavy (non-hydrogen) atoms. The number of ether oxygens (including phenoxy) is 1. The molecule has 1 aromatic carbocycles. The maximum Gasteiger partial charge on any atom is 0.247 e. The van der Waals surface area contributed by atoms with Crippen LogP contribution in [0.2, 0.25) is 0 Å². The lowest BCUT2D eigenvalue weighted by Crippen LogP contribution is -2.39. The maximum atomic E-state index is 12.7. The van der Waals surface area contributed by atoms with Crippen LogP contribution in [0.3, 0.4) is 0 Å². The minimum absolute atomic E-state index is 0.0303. The summed E-state index contributed by atoms with van der Waals surface area (Å²) in [5, 5.41) is 5.79. The van der Waals surface area contributed by atoms with Gasteiger partial charge in [0.25, 0.3) is 0 Å². The van der Waals surface area contributed by atoms with Crippen LogP contribution in [-0.2, 0) is 4.79 Å². The van der Waals surface area contributed by atoms with Crippen LogP contribution in [-0.4, -0.2) is 28.5 Å². The second-order valence-electron chi connectivity index (χ2n) is 6.89. The Morgan fingerprint density at radius 1 is 1.21 bits per heavy atom. The Balaban J connectivity index is 1.40. The third-order valence-corrected chi connectivity index (χ3v) is 5.73. The molecule has 1 aliphatic rings. The topological polar surface area (TPSA) is 67.3 Å². The molecule has 0 saturated carbocycles. The van der Waals surface area contributed by atoms with Gasteiger partial charge in [0.05, 0.1) is 11.9 Å². The lowest BCUT2D eigenvalue weighted by molar-refractivity contribution is -0.117. The van der Waals surface area contributed by atoms with Crippen molar-refractivity contribution in [1.29, 1.82) is 0 Å². The number of aryl methyl sites for hydroxylation is 2. The summed E-state index contributed by atoms with van der Waals surface area (Å²) >= 11 is 1.56. The average molecular weight is 395 g/mol. The molecule has 2 aromatic heterocycles. The molecule has 0 unspecified atom stereocenters. The van der Waals surface area contributed by atoms with Gasteiger partial charge in [0, 0.05) is 24.2 Å². The molecule has 0 aliphatic carbocycles. The summed E-state index contributed by atoms with van der Waals surface area (Å²) in [6.07, 6.45) is 5.20. The summed E-state index contributed by atoms with van der Waals surface area (Å²) in [6, 6.07) is 9.31. The van der Waals surface area contributed by atoms with Gasteiger partial charge in [0.2, 0.25) is 11.8 Å². The number of aromatic nitrogens is 2. The molecule has 0 spiro atoms. The molecule has 144 valence electrons. The summed E-state index contributed by atoms with van der Waals surface area (Å²) < 4.78 is 5.80. The zero-order chi connectivity index (χ0) is 19.5. The Labute approximate surface area is 168 Å². The number of carbonyl (C=O) groups excluding carboxylic acids is 1. The van der Waals surface area contributed by atoms with Crippen molar-refractivity contribution in [3.8, 4) is 11.6 Å². The van der Waals surface area contributed by atoms with E-state index in [2.05, 4.69) is 27.1 Å². The lowest BCUT2D eigenvalue weighted by atomic mass is 10.1. The summed E-state index contributed by atoms with van der Waals surface area (Å²) in [4.78, 5) is 23.5. The zero-order valence-corrected chi connectivity index (χ0v) is 16.7. The van der Waals surface area contributed by atoms with Crippen molar-refractivity contribution in [2.45, 2.75) is 32.7 Å². The van der Waals surface area contributed by atoms with Crippen molar-refractivity contribution in [3.63, 3.8) is 0 Å². The molecule has 0 bridgehead atoms. The molecular formula is C21H22N4O2S. The highest BCUT2D eigenvalue weighted by molar-refractivity contribution is 7.13. The molecule has 3 aromatic rings. The molecule has 6 nitrogen and oxygen atoms in total. The van der Waals surface area contributed by atoms with Gasteiger partial charge in [-0.15, -0.1) is 11.3 Å². The third-order valence-electron chi connectivity index (χ3n) is 4.93. The van der Waals surface area contributed by atoms with Gasteiger partial charge in [-0.1, -0.05) is 6.07 Å². The first-order valence-corrected chi connectivity index (χ1v) is 10.2. The van der Waals surface area contributed by atoms with Crippen molar-refractivity contribution in [3.05, 3.63) is 59.2 Å². The lowest BCUT2D eigenvalue weighted by Gasteiger charge is -2.23. The minimum atomic E-state index is -0.197. The van der Waals surface area contributed by atoms with E-state index in [9.17, 15) is 4.79 Å². The van der Waals surface area contributed by atoms with Crippen molar-refractivity contribution < 1.29 is 9.53 Å². The Morgan fingerprint density at radius 2 is 2.11 bits per heavy atom. The van der Waals surface area contributed by atoms with Crippen LogP contribution >= 0.6 is 11.3 Å². The van der Waals surface area contributed by atoms with Gasteiger partial charge in [-0.3, -0.25) is 4.79 Å². The smallest absolute Gasteiger partial charge is 0.247 e. The van der Waals surface area contributed by atoms with Gasteiger partial charge < -0.3 is 15.0 Å².